The van der Waals surface area contributed by atoms with Gasteiger partial charge < -0.3 is 5.32 Å². The highest BCUT2D eigenvalue weighted by Crippen LogP contribution is 2.19. The Labute approximate surface area is 144 Å². The molecule has 0 amide bonds. The summed E-state index contributed by atoms with van der Waals surface area (Å²) in [5.74, 6) is 0.716. The molecule has 5 nitrogen and oxygen atoms in total. The normalized spacial score (nSPS) is 9.91. The predicted molar refractivity (Wildman–Crippen MR) is 92.9 cm³/mol. The lowest BCUT2D eigenvalue weighted by atomic mass is 10.1. The molecule has 1 N–H and O–H groups in total. The summed E-state index contributed by atoms with van der Waals surface area (Å²) in [4.78, 5) is 12.5. The van der Waals surface area contributed by atoms with Gasteiger partial charge in [-0.05, 0) is 30.2 Å². The maximum atomic E-state index is 9.01. The van der Waals surface area contributed by atoms with Gasteiger partial charge in [0.25, 0.3) is 0 Å². The second kappa shape index (κ2) is 7.73. The Bertz CT molecular complexity index is 860. The molecule has 2 aromatic heterocycles. The van der Waals surface area contributed by atoms with Crippen molar-refractivity contribution in [3.05, 3.63) is 59.0 Å². The molecular weight excluding hydrogens is 333 g/mol. The third-order valence-corrected chi connectivity index (χ3v) is 3.58. The van der Waals surface area contributed by atoms with Crippen molar-refractivity contribution in [2.75, 3.05) is 11.9 Å². The lowest BCUT2D eigenvalue weighted by Gasteiger charge is -2.09. The number of hydrogen-bond donors (Lipinski definition) is 1. The monoisotopic (exact) mass is 345 g/mol. The summed E-state index contributed by atoms with van der Waals surface area (Å²) in [5.41, 5.74) is 1.57. The molecule has 0 saturated heterocycles. The van der Waals surface area contributed by atoms with Gasteiger partial charge in [-0.2, -0.15) is 10.2 Å². The molecule has 3 aromatic rings. The summed E-state index contributed by atoms with van der Waals surface area (Å²) < 4.78 is 0. The van der Waals surface area contributed by atoms with E-state index in [0.29, 0.717) is 18.0 Å². The molecule has 7 heteroatoms. The first-order valence-corrected chi connectivity index (χ1v) is 7.16. The topological polar surface area (TPSA) is 74.5 Å². The molecule has 23 heavy (non-hydrogen) atoms. The molecule has 0 unspecified atom stereocenters. The zero-order chi connectivity index (χ0) is 15.4. The van der Waals surface area contributed by atoms with Crippen LogP contribution in [0.4, 0.5) is 5.82 Å². The van der Waals surface area contributed by atoms with E-state index in [2.05, 4.69) is 20.3 Å². The van der Waals surface area contributed by atoms with Gasteiger partial charge in [-0.25, -0.2) is 9.97 Å². The quantitative estimate of drug-likeness (QED) is 0.781. The standard InChI is InChI=1S/C16H12ClN5.ClH/c17-13-6-2-1-4-11(13)7-9-20-16-12-5-3-8-19-15(12)21-14(10-18)22-16;/h1-6,8H,7,9H2,(H,19,20,21,22);1H. The molecular formula is C16H13Cl2N5. The first-order chi connectivity index (χ1) is 10.8. The van der Waals surface area contributed by atoms with E-state index in [4.69, 9.17) is 16.9 Å². The van der Waals surface area contributed by atoms with Crippen molar-refractivity contribution in [3.8, 4) is 6.07 Å². The van der Waals surface area contributed by atoms with Gasteiger partial charge >= 0.3 is 0 Å². The smallest absolute Gasteiger partial charge is 0.236 e. The van der Waals surface area contributed by atoms with Crippen LogP contribution in [0.1, 0.15) is 11.4 Å². The second-order valence-electron chi connectivity index (χ2n) is 4.65. The third-order valence-electron chi connectivity index (χ3n) is 3.22. The van der Waals surface area contributed by atoms with Gasteiger partial charge in [0.05, 0.1) is 5.39 Å². The van der Waals surface area contributed by atoms with Crippen LogP contribution in [0, 0.1) is 11.3 Å². The summed E-state index contributed by atoms with van der Waals surface area (Å²) in [6.45, 7) is 0.648. The van der Waals surface area contributed by atoms with Crippen molar-refractivity contribution in [1.29, 1.82) is 5.26 Å². The number of pyridine rings is 1. The molecule has 0 aliphatic carbocycles. The lowest BCUT2D eigenvalue weighted by molar-refractivity contribution is 1.00. The maximum Gasteiger partial charge on any atom is 0.236 e. The molecule has 2 heterocycles. The Balaban J connectivity index is 0.00000192. The Morgan fingerprint density at radius 3 is 2.74 bits per heavy atom. The van der Waals surface area contributed by atoms with Gasteiger partial charge in [-0.15, -0.1) is 12.4 Å². The number of nitrogens with zero attached hydrogens (tertiary/aromatic N) is 4. The number of hydrogen-bond acceptors (Lipinski definition) is 5. The Morgan fingerprint density at radius 2 is 1.96 bits per heavy atom. The molecule has 0 fully saturated rings. The molecule has 0 aliphatic heterocycles. The van der Waals surface area contributed by atoms with Gasteiger partial charge in [0, 0.05) is 17.8 Å². The largest absolute Gasteiger partial charge is 0.369 e. The van der Waals surface area contributed by atoms with Crippen LogP contribution in [0.5, 0.6) is 0 Å². The van der Waals surface area contributed by atoms with E-state index < -0.39 is 0 Å². The van der Waals surface area contributed by atoms with Crippen LogP contribution in [0.15, 0.2) is 42.6 Å². The van der Waals surface area contributed by atoms with Crippen molar-refractivity contribution in [2.45, 2.75) is 6.42 Å². The number of halogens is 2. The molecule has 0 saturated carbocycles. The highest BCUT2D eigenvalue weighted by atomic mass is 35.5. The summed E-state index contributed by atoms with van der Waals surface area (Å²) in [7, 11) is 0. The minimum Gasteiger partial charge on any atom is -0.369 e. The first kappa shape index (κ1) is 16.9. The third kappa shape index (κ3) is 3.86. The van der Waals surface area contributed by atoms with E-state index in [1.165, 1.54) is 0 Å². The molecule has 0 aliphatic rings. The average Bonchev–Trinajstić information content (AvgIpc) is 2.56. The van der Waals surface area contributed by atoms with Crippen molar-refractivity contribution < 1.29 is 0 Å². The number of anilines is 1. The van der Waals surface area contributed by atoms with E-state index in [9.17, 15) is 0 Å². The minimum absolute atomic E-state index is 0. The van der Waals surface area contributed by atoms with Crippen LogP contribution in [0.25, 0.3) is 11.0 Å². The summed E-state index contributed by atoms with van der Waals surface area (Å²) in [5, 5.41) is 13.8. The molecule has 1 aromatic carbocycles. The highest BCUT2D eigenvalue weighted by molar-refractivity contribution is 6.31. The number of rotatable bonds is 4. The Hall–Kier alpha value is -2.42. The summed E-state index contributed by atoms with van der Waals surface area (Å²) in [6.07, 6.45) is 2.40. The van der Waals surface area contributed by atoms with Crippen molar-refractivity contribution in [3.63, 3.8) is 0 Å². The number of nitrogens with one attached hydrogen (secondary N) is 1. The van der Waals surface area contributed by atoms with Gasteiger partial charge in [-0.3, -0.25) is 0 Å². The summed E-state index contributed by atoms with van der Waals surface area (Å²) in [6, 6.07) is 13.4. The number of fused-ring (bicyclic) bond motifs is 1. The zero-order valence-electron chi connectivity index (χ0n) is 12.0. The van der Waals surface area contributed by atoms with Crippen LogP contribution < -0.4 is 5.32 Å². The van der Waals surface area contributed by atoms with Crippen LogP contribution in [-0.2, 0) is 6.42 Å². The molecule has 0 bridgehead atoms. The van der Waals surface area contributed by atoms with Gasteiger partial charge in [0.1, 0.15) is 11.9 Å². The maximum absolute atomic E-state index is 9.01. The number of benzene rings is 1. The molecule has 116 valence electrons. The predicted octanol–water partition coefficient (Wildman–Crippen LogP) is 3.63. The van der Waals surface area contributed by atoms with Crippen LogP contribution in [-0.4, -0.2) is 21.5 Å². The van der Waals surface area contributed by atoms with Crippen molar-refractivity contribution >= 4 is 40.9 Å². The van der Waals surface area contributed by atoms with E-state index in [1.54, 1.807) is 6.20 Å². The highest BCUT2D eigenvalue weighted by Gasteiger charge is 2.08. The Kier molecular flexibility index (Phi) is 5.69. The zero-order valence-corrected chi connectivity index (χ0v) is 13.6. The Morgan fingerprint density at radius 1 is 1.13 bits per heavy atom. The van der Waals surface area contributed by atoms with E-state index in [1.807, 2.05) is 42.5 Å². The number of nitriles is 1. The second-order valence-corrected chi connectivity index (χ2v) is 5.06. The number of aromatic nitrogens is 3. The van der Waals surface area contributed by atoms with E-state index >= 15 is 0 Å². The molecule has 0 radical (unpaired) electrons. The van der Waals surface area contributed by atoms with Gasteiger partial charge in [-0.1, -0.05) is 29.8 Å². The summed E-state index contributed by atoms with van der Waals surface area (Å²) >= 11 is 6.14. The molecule has 0 spiro atoms. The fraction of sp³-hybridized carbons (Fsp3) is 0.125. The SMILES string of the molecule is Cl.N#Cc1nc(NCCc2ccccc2Cl)c2cccnc2n1. The van der Waals surface area contributed by atoms with Crippen LogP contribution in [0.3, 0.4) is 0 Å². The van der Waals surface area contributed by atoms with Crippen LogP contribution >= 0.6 is 24.0 Å². The molecule has 0 atom stereocenters. The lowest BCUT2D eigenvalue weighted by Crippen LogP contribution is -2.09. The van der Waals surface area contributed by atoms with Crippen LogP contribution in [0.2, 0.25) is 5.02 Å². The van der Waals surface area contributed by atoms with Crippen molar-refractivity contribution in [2.24, 2.45) is 0 Å². The van der Waals surface area contributed by atoms with E-state index in [-0.39, 0.29) is 18.2 Å². The minimum atomic E-state index is 0. The fourth-order valence-corrected chi connectivity index (χ4v) is 2.39. The molecule has 3 rings (SSSR count). The van der Waals surface area contributed by atoms with E-state index in [0.717, 1.165) is 22.4 Å². The van der Waals surface area contributed by atoms with Gasteiger partial charge in [0.15, 0.2) is 5.65 Å². The first-order valence-electron chi connectivity index (χ1n) is 6.78. The fourth-order valence-electron chi connectivity index (χ4n) is 2.16. The van der Waals surface area contributed by atoms with Crippen molar-refractivity contribution in [1.82, 2.24) is 15.0 Å². The average molecular weight is 346 g/mol. The van der Waals surface area contributed by atoms with Gasteiger partial charge in [0.2, 0.25) is 5.82 Å².